The van der Waals surface area contributed by atoms with E-state index in [9.17, 15) is 13.2 Å². The van der Waals surface area contributed by atoms with Crippen LogP contribution in [-0.4, -0.2) is 43.8 Å². The van der Waals surface area contributed by atoms with Gasteiger partial charge in [-0.3, -0.25) is 4.79 Å². The summed E-state index contributed by atoms with van der Waals surface area (Å²) in [6.45, 7) is 5.38. The third kappa shape index (κ3) is 4.89. The van der Waals surface area contributed by atoms with Gasteiger partial charge in [-0.15, -0.1) is 0 Å². The molecule has 2 fully saturated rings. The van der Waals surface area contributed by atoms with E-state index in [4.69, 9.17) is 0 Å². The van der Waals surface area contributed by atoms with Gasteiger partial charge in [0, 0.05) is 24.7 Å². The summed E-state index contributed by atoms with van der Waals surface area (Å²) in [6.07, 6.45) is 6.78. The lowest BCUT2D eigenvalue weighted by Gasteiger charge is -2.28. The van der Waals surface area contributed by atoms with Crippen LogP contribution >= 0.6 is 0 Å². The van der Waals surface area contributed by atoms with Crippen LogP contribution in [0.4, 0.5) is 5.69 Å². The van der Waals surface area contributed by atoms with Crippen molar-refractivity contribution in [3.05, 3.63) is 24.3 Å². The van der Waals surface area contributed by atoms with Gasteiger partial charge in [-0.25, -0.2) is 8.42 Å². The van der Waals surface area contributed by atoms with E-state index >= 15 is 0 Å². The predicted octanol–water partition coefficient (Wildman–Crippen LogP) is 1.94. The Kier molecular flexibility index (Phi) is 6.55. The number of carbonyl (C=O) groups excluding carboxylic acids is 1. The Balaban J connectivity index is 1.58. The van der Waals surface area contributed by atoms with Crippen molar-refractivity contribution in [2.24, 2.45) is 5.92 Å². The van der Waals surface area contributed by atoms with Crippen LogP contribution in [0.15, 0.2) is 29.2 Å². The Labute approximate surface area is 162 Å². The molecule has 1 aliphatic heterocycles. The van der Waals surface area contributed by atoms with Crippen molar-refractivity contribution in [1.29, 1.82) is 0 Å². The fraction of sp³-hybridized carbons (Fsp3) is 0.650. The summed E-state index contributed by atoms with van der Waals surface area (Å²) in [6, 6.07) is 6.87. The Morgan fingerprint density at radius 2 is 1.74 bits per heavy atom. The second-order valence-corrected chi connectivity index (χ2v) is 9.97. The minimum atomic E-state index is -3.41. The molecule has 6 nitrogen and oxygen atoms in total. The predicted molar refractivity (Wildman–Crippen MR) is 106 cm³/mol. The fourth-order valence-electron chi connectivity index (χ4n) is 4.13. The number of rotatable bonds is 6. The molecule has 2 aliphatic rings. The van der Waals surface area contributed by atoms with E-state index in [0.717, 1.165) is 12.8 Å². The van der Waals surface area contributed by atoms with Crippen LogP contribution < -0.4 is 10.6 Å². The van der Waals surface area contributed by atoms with E-state index in [1.807, 2.05) is 6.92 Å². The largest absolute Gasteiger partial charge is 0.334 e. The molecule has 3 N–H and O–H groups in total. The standard InChI is InChI=1S/C20H31N3O3S/c1-15-7-3-4-8-19(15)21-16(2)20(24)22-17-9-11-18(12-10-17)27(25,26)23-13-5-6-14-23/h9-12,15-16,19,21H,3-8,13-14H2,1-2H3,(H,22,24)/p+1/t15-,16-,19-/m0/s1. The van der Waals surface area contributed by atoms with Gasteiger partial charge < -0.3 is 10.6 Å². The first-order valence-electron chi connectivity index (χ1n) is 10.1. The molecular formula is C20H32N3O3S+. The molecule has 27 heavy (non-hydrogen) atoms. The number of amides is 1. The van der Waals surface area contributed by atoms with Crippen molar-refractivity contribution in [2.45, 2.75) is 69.4 Å². The van der Waals surface area contributed by atoms with E-state index in [-0.39, 0.29) is 16.8 Å². The van der Waals surface area contributed by atoms with Crippen LogP contribution in [0.25, 0.3) is 0 Å². The van der Waals surface area contributed by atoms with Crippen molar-refractivity contribution in [3.63, 3.8) is 0 Å². The second-order valence-electron chi connectivity index (χ2n) is 8.03. The molecule has 1 amide bonds. The molecule has 3 rings (SSSR count). The third-order valence-corrected chi connectivity index (χ3v) is 7.86. The van der Waals surface area contributed by atoms with Crippen LogP contribution in [0.2, 0.25) is 0 Å². The summed E-state index contributed by atoms with van der Waals surface area (Å²) in [7, 11) is -3.41. The summed E-state index contributed by atoms with van der Waals surface area (Å²) in [5, 5.41) is 5.10. The maximum atomic E-state index is 12.6. The number of anilines is 1. The molecule has 1 saturated carbocycles. The topological polar surface area (TPSA) is 83.1 Å². The van der Waals surface area contributed by atoms with E-state index in [1.165, 1.54) is 30.0 Å². The molecule has 1 aromatic carbocycles. The maximum Gasteiger partial charge on any atom is 0.282 e. The zero-order chi connectivity index (χ0) is 19.4. The van der Waals surface area contributed by atoms with Gasteiger partial charge in [-0.1, -0.05) is 13.3 Å². The van der Waals surface area contributed by atoms with Crippen LogP contribution in [0.5, 0.6) is 0 Å². The molecule has 0 spiro atoms. The molecule has 1 heterocycles. The number of hydrogen-bond donors (Lipinski definition) is 2. The zero-order valence-corrected chi connectivity index (χ0v) is 17.2. The van der Waals surface area contributed by atoms with Crippen LogP contribution in [-0.2, 0) is 14.8 Å². The molecule has 7 heteroatoms. The van der Waals surface area contributed by atoms with Gasteiger partial charge in [0.05, 0.1) is 10.9 Å². The number of benzene rings is 1. The second kappa shape index (κ2) is 8.71. The van der Waals surface area contributed by atoms with Gasteiger partial charge in [0.2, 0.25) is 10.0 Å². The highest BCUT2D eigenvalue weighted by Gasteiger charge is 2.29. The van der Waals surface area contributed by atoms with Gasteiger partial charge in [0.25, 0.3) is 5.91 Å². The van der Waals surface area contributed by atoms with Gasteiger partial charge in [0.15, 0.2) is 6.04 Å². The average molecular weight is 395 g/mol. The first kappa shape index (κ1) is 20.3. The van der Waals surface area contributed by atoms with E-state index < -0.39 is 10.0 Å². The molecule has 0 aromatic heterocycles. The summed E-state index contributed by atoms with van der Waals surface area (Å²) >= 11 is 0. The van der Waals surface area contributed by atoms with Crippen molar-refractivity contribution in [1.82, 2.24) is 4.31 Å². The number of hydrogen-bond acceptors (Lipinski definition) is 3. The lowest BCUT2D eigenvalue weighted by molar-refractivity contribution is -0.714. The Bertz CT molecular complexity index is 742. The van der Waals surface area contributed by atoms with Crippen molar-refractivity contribution in [2.75, 3.05) is 18.4 Å². The minimum absolute atomic E-state index is 0.0390. The average Bonchev–Trinajstić information content (AvgIpc) is 3.19. The number of carbonyl (C=O) groups is 1. The third-order valence-electron chi connectivity index (χ3n) is 5.95. The molecule has 1 saturated heterocycles. The van der Waals surface area contributed by atoms with Crippen LogP contribution in [0, 0.1) is 5.92 Å². The molecule has 0 radical (unpaired) electrons. The van der Waals surface area contributed by atoms with Crippen molar-refractivity contribution >= 4 is 21.6 Å². The van der Waals surface area contributed by atoms with Gasteiger partial charge in [-0.05, 0) is 63.3 Å². The van der Waals surface area contributed by atoms with Crippen molar-refractivity contribution < 1.29 is 18.5 Å². The first-order chi connectivity index (χ1) is 12.9. The monoisotopic (exact) mass is 394 g/mol. The van der Waals surface area contributed by atoms with E-state index in [0.29, 0.717) is 30.7 Å². The molecule has 150 valence electrons. The van der Waals surface area contributed by atoms with Gasteiger partial charge in [0.1, 0.15) is 0 Å². The number of nitrogens with one attached hydrogen (secondary N) is 1. The highest BCUT2D eigenvalue weighted by molar-refractivity contribution is 7.89. The quantitative estimate of drug-likeness (QED) is 0.773. The number of nitrogens with two attached hydrogens (primary N) is 1. The summed E-state index contributed by atoms with van der Waals surface area (Å²) in [5.74, 6) is 0.604. The highest BCUT2D eigenvalue weighted by atomic mass is 32.2. The first-order valence-corrected chi connectivity index (χ1v) is 11.6. The van der Waals surface area contributed by atoms with Gasteiger partial charge in [-0.2, -0.15) is 4.31 Å². The van der Waals surface area contributed by atoms with Gasteiger partial charge >= 0.3 is 0 Å². The van der Waals surface area contributed by atoms with Crippen LogP contribution in [0.1, 0.15) is 52.4 Å². The Hall–Kier alpha value is -1.44. The number of quaternary nitrogens is 1. The zero-order valence-electron chi connectivity index (χ0n) is 16.4. The summed E-state index contributed by atoms with van der Waals surface area (Å²) < 4.78 is 26.7. The lowest BCUT2D eigenvalue weighted by Crippen LogP contribution is -2.97. The SMILES string of the molecule is C[C@H]([NH2+][C@H]1CCCC[C@@H]1C)C(=O)Nc1ccc(S(=O)(=O)N2CCCC2)cc1. The highest BCUT2D eigenvalue weighted by Crippen LogP contribution is 2.23. The normalized spacial score (nSPS) is 25.3. The molecule has 0 unspecified atom stereocenters. The fourth-order valence-corrected chi connectivity index (χ4v) is 5.65. The molecular weight excluding hydrogens is 362 g/mol. The van der Waals surface area contributed by atoms with E-state index in [1.54, 1.807) is 24.3 Å². The Morgan fingerprint density at radius 1 is 1.11 bits per heavy atom. The number of sulfonamides is 1. The maximum absolute atomic E-state index is 12.6. The lowest BCUT2D eigenvalue weighted by atomic mass is 9.85. The van der Waals surface area contributed by atoms with E-state index in [2.05, 4.69) is 17.6 Å². The molecule has 0 bridgehead atoms. The van der Waals surface area contributed by atoms with Crippen molar-refractivity contribution in [3.8, 4) is 0 Å². The summed E-state index contributed by atoms with van der Waals surface area (Å²) in [4.78, 5) is 12.8. The molecule has 3 atom stereocenters. The molecule has 1 aromatic rings. The smallest absolute Gasteiger partial charge is 0.282 e. The number of nitrogens with zero attached hydrogens (tertiary/aromatic N) is 1. The summed E-state index contributed by atoms with van der Waals surface area (Å²) in [5.41, 5.74) is 0.636. The van der Waals surface area contributed by atoms with Crippen LogP contribution in [0.3, 0.4) is 0 Å². The molecule has 1 aliphatic carbocycles. The minimum Gasteiger partial charge on any atom is -0.334 e. The Morgan fingerprint density at radius 3 is 2.37 bits per heavy atom.